The Kier molecular flexibility index (Phi) is 7.93. The topological polar surface area (TPSA) is 65.7 Å². The maximum atomic E-state index is 13.4. The Bertz CT molecular complexity index is 1200. The maximum Gasteiger partial charge on any atom is 0.416 e. The first-order chi connectivity index (χ1) is 16.0. The zero-order valence-electron chi connectivity index (χ0n) is 19.3. The minimum atomic E-state index is -4.62. The van der Waals surface area contributed by atoms with Gasteiger partial charge in [-0.3, -0.25) is 9.78 Å². The summed E-state index contributed by atoms with van der Waals surface area (Å²) in [5.74, 6) is -0.820. The molecule has 6 nitrogen and oxygen atoms in total. The molecule has 1 amide bonds. The van der Waals surface area contributed by atoms with Crippen LogP contribution in [0.1, 0.15) is 47.3 Å². The van der Waals surface area contributed by atoms with E-state index in [4.69, 9.17) is 9.47 Å². The number of ether oxygens (including phenoxy) is 2. The van der Waals surface area contributed by atoms with Gasteiger partial charge in [0.15, 0.2) is 4.80 Å². The van der Waals surface area contributed by atoms with Crippen LogP contribution in [-0.2, 0) is 29.5 Å². The van der Waals surface area contributed by atoms with Gasteiger partial charge in [-0.2, -0.15) is 18.2 Å². The minimum absolute atomic E-state index is 0.00319. The van der Waals surface area contributed by atoms with E-state index in [0.717, 1.165) is 23.1 Å². The molecule has 0 radical (unpaired) electrons. The Hall–Kier alpha value is -2.98. The molecule has 3 rings (SSSR count). The summed E-state index contributed by atoms with van der Waals surface area (Å²) >= 11 is 1.31. The number of hydrogen-bond acceptors (Lipinski definition) is 5. The monoisotopic (exact) mass is 493 g/mol. The fraction of sp³-hybridized carbons (Fsp3) is 0.375. The molecular weight excluding hydrogens is 467 g/mol. The van der Waals surface area contributed by atoms with Gasteiger partial charge in [-0.1, -0.05) is 26.8 Å². The van der Waals surface area contributed by atoms with E-state index in [1.54, 1.807) is 36.1 Å². The highest BCUT2D eigenvalue weighted by Gasteiger charge is 2.32. The molecule has 0 bridgehead atoms. The minimum Gasteiger partial charge on any atom is -0.486 e. The third-order valence-electron chi connectivity index (χ3n) is 4.83. The Labute approximate surface area is 199 Å². The van der Waals surface area contributed by atoms with Crippen LogP contribution in [0.25, 0.3) is 0 Å². The van der Waals surface area contributed by atoms with Crippen LogP contribution in [0.4, 0.5) is 13.2 Å². The highest BCUT2D eigenvalue weighted by molar-refractivity contribution is 7.09. The molecule has 0 aliphatic carbocycles. The predicted molar refractivity (Wildman–Crippen MR) is 123 cm³/mol. The SMILES string of the molecule is COCCn1cc(C(C)(C)C)sc1=NC(=O)c1cc(C(F)(F)F)ccc1OCc1ccccn1. The molecule has 3 aromatic rings. The standard InChI is InChI=1S/C24H26F3N3O3S/c1-23(2,3)20-14-30(11-12-32-4)22(34-20)29-21(31)18-13-16(24(25,26)27)8-9-19(18)33-15-17-7-5-6-10-28-17/h5-10,13-14H,11-12,15H2,1-4H3. The number of benzene rings is 1. The summed E-state index contributed by atoms with van der Waals surface area (Å²) in [6, 6.07) is 8.02. The number of halogens is 3. The molecule has 0 N–H and O–H groups in total. The Morgan fingerprint density at radius 2 is 1.94 bits per heavy atom. The normalized spacial score (nSPS) is 12.7. The van der Waals surface area contributed by atoms with Crippen LogP contribution in [0.5, 0.6) is 5.75 Å². The number of thiazole rings is 1. The molecule has 0 saturated carbocycles. The van der Waals surface area contributed by atoms with Crippen molar-refractivity contribution in [3.8, 4) is 5.75 Å². The van der Waals surface area contributed by atoms with Crippen LogP contribution in [0.15, 0.2) is 53.8 Å². The number of alkyl halides is 3. The molecule has 10 heteroatoms. The number of rotatable bonds is 7. The van der Waals surface area contributed by atoms with Gasteiger partial charge in [-0.05, 0) is 35.7 Å². The molecule has 182 valence electrons. The maximum absolute atomic E-state index is 13.4. The zero-order chi connectivity index (χ0) is 24.9. The van der Waals surface area contributed by atoms with Crippen molar-refractivity contribution >= 4 is 17.2 Å². The lowest BCUT2D eigenvalue weighted by atomic mass is 9.95. The molecule has 0 aliphatic rings. The second kappa shape index (κ2) is 10.5. The molecule has 0 unspecified atom stereocenters. The largest absolute Gasteiger partial charge is 0.486 e. The van der Waals surface area contributed by atoms with Gasteiger partial charge in [0.1, 0.15) is 12.4 Å². The van der Waals surface area contributed by atoms with Crippen LogP contribution in [-0.4, -0.2) is 29.2 Å². The van der Waals surface area contributed by atoms with Crippen molar-refractivity contribution in [1.82, 2.24) is 9.55 Å². The lowest BCUT2D eigenvalue weighted by Gasteiger charge is -2.14. The third-order valence-corrected chi connectivity index (χ3v) is 6.28. The molecule has 0 fully saturated rings. The Morgan fingerprint density at radius 1 is 1.18 bits per heavy atom. The van der Waals surface area contributed by atoms with Crippen molar-refractivity contribution in [3.63, 3.8) is 0 Å². The zero-order valence-corrected chi connectivity index (χ0v) is 20.2. The first kappa shape index (κ1) is 25.6. The van der Waals surface area contributed by atoms with E-state index in [1.807, 2.05) is 27.0 Å². The first-order valence-corrected chi connectivity index (χ1v) is 11.3. The van der Waals surface area contributed by atoms with E-state index in [9.17, 15) is 18.0 Å². The number of aromatic nitrogens is 2. The highest BCUT2D eigenvalue weighted by Crippen LogP contribution is 2.33. The Morgan fingerprint density at radius 3 is 2.56 bits per heavy atom. The number of pyridine rings is 1. The van der Waals surface area contributed by atoms with Crippen LogP contribution < -0.4 is 9.54 Å². The highest BCUT2D eigenvalue weighted by atomic mass is 32.1. The fourth-order valence-electron chi connectivity index (χ4n) is 2.95. The second-order valence-electron chi connectivity index (χ2n) is 8.55. The van der Waals surface area contributed by atoms with Gasteiger partial charge >= 0.3 is 6.18 Å². The van der Waals surface area contributed by atoms with Gasteiger partial charge in [0.25, 0.3) is 5.91 Å². The van der Waals surface area contributed by atoms with E-state index in [0.29, 0.717) is 23.6 Å². The van der Waals surface area contributed by atoms with Crippen molar-refractivity contribution < 1.29 is 27.4 Å². The molecule has 2 heterocycles. The predicted octanol–water partition coefficient (Wildman–Crippen LogP) is 5.23. The molecule has 0 aliphatic heterocycles. The summed E-state index contributed by atoms with van der Waals surface area (Å²) in [5, 5.41) is 0. The lowest BCUT2D eigenvalue weighted by Crippen LogP contribution is -2.19. The first-order valence-electron chi connectivity index (χ1n) is 10.5. The summed E-state index contributed by atoms with van der Waals surface area (Å²) in [4.78, 5) is 22.8. The third kappa shape index (κ3) is 6.54. The van der Waals surface area contributed by atoms with Crippen molar-refractivity contribution in [2.45, 2.75) is 45.5 Å². The summed E-state index contributed by atoms with van der Waals surface area (Å²) in [5.41, 5.74) is -0.841. The van der Waals surface area contributed by atoms with Gasteiger partial charge in [0.2, 0.25) is 0 Å². The van der Waals surface area contributed by atoms with Gasteiger partial charge < -0.3 is 14.0 Å². The molecular formula is C24H26F3N3O3S. The quantitative estimate of drug-likeness (QED) is 0.452. The fourth-order valence-corrected chi connectivity index (χ4v) is 4.02. The van der Waals surface area contributed by atoms with Crippen LogP contribution in [0.3, 0.4) is 0 Å². The van der Waals surface area contributed by atoms with Gasteiger partial charge in [-0.25, -0.2) is 0 Å². The molecule has 2 aromatic heterocycles. The summed E-state index contributed by atoms with van der Waals surface area (Å²) < 4.78 is 52.7. The number of hydrogen-bond donors (Lipinski definition) is 0. The Balaban J connectivity index is 2.03. The van der Waals surface area contributed by atoms with Gasteiger partial charge in [0, 0.05) is 30.9 Å². The smallest absolute Gasteiger partial charge is 0.416 e. The number of carbonyl (C=O) groups excluding carboxylic acids is 1. The molecule has 34 heavy (non-hydrogen) atoms. The average Bonchev–Trinajstić information content (AvgIpc) is 3.19. The summed E-state index contributed by atoms with van der Waals surface area (Å²) in [6.45, 7) is 6.92. The van der Waals surface area contributed by atoms with E-state index < -0.39 is 17.6 Å². The number of amides is 1. The van der Waals surface area contributed by atoms with Crippen molar-refractivity contribution in [2.75, 3.05) is 13.7 Å². The summed E-state index contributed by atoms with van der Waals surface area (Å²) in [7, 11) is 1.56. The number of methoxy groups -OCH3 is 1. The number of nitrogens with zero attached hydrogens (tertiary/aromatic N) is 3. The lowest BCUT2D eigenvalue weighted by molar-refractivity contribution is -0.137. The van der Waals surface area contributed by atoms with Crippen LogP contribution in [0, 0.1) is 0 Å². The van der Waals surface area contributed by atoms with Crippen molar-refractivity contribution in [3.05, 3.63) is 75.3 Å². The molecule has 0 saturated heterocycles. The van der Waals surface area contributed by atoms with E-state index in [-0.39, 0.29) is 23.3 Å². The van der Waals surface area contributed by atoms with Crippen molar-refractivity contribution in [2.24, 2.45) is 4.99 Å². The van der Waals surface area contributed by atoms with Crippen LogP contribution >= 0.6 is 11.3 Å². The van der Waals surface area contributed by atoms with Crippen molar-refractivity contribution in [1.29, 1.82) is 0 Å². The van der Waals surface area contributed by atoms with E-state index in [1.165, 1.54) is 11.3 Å². The molecule has 0 spiro atoms. The van der Waals surface area contributed by atoms with E-state index >= 15 is 0 Å². The molecule has 0 atom stereocenters. The second-order valence-corrected chi connectivity index (χ2v) is 9.56. The summed E-state index contributed by atoms with van der Waals surface area (Å²) in [6.07, 6.45) is -1.15. The average molecular weight is 494 g/mol. The van der Waals surface area contributed by atoms with Gasteiger partial charge in [0.05, 0.1) is 23.4 Å². The van der Waals surface area contributed by atoms with Crippen LogP contribution in [0.2, 0.25) is 0 Å². The number of carbonyl (C=O) groups is 1. The molecule has 1 aromatic carbocycles. The van der Waals surface area contributed by atoms with Gasteiger partial charge in [-0.15, -0.1) is 11.3 Å². The van der Waals surface area contributed by atoms with E-state index in [2.05, 4.69) is 9.98 Å².